The minimum absolute atomic E-state index is 0.813. The van der Waals surface area contributed by atoms with Crippen LogP contribution in [0, 0.1) is 0 Å². The SMILES string of the molecule is CC1=NN=C(CC/C(=N\N)c2ccccc2)CC1. The van der Waals surface area contributed by atoms with Gasteiger partial charge < -0.3 is 5.84 Å². The minimum atomic E-state index is 0.813. The molecular weight excluding hydrogens is 224 g/mol. The van der Waals surface area contributed by atoms with Crippen molar-refractivity contribution in [3.63, 3.8) is 0 Å². The molecule has 0 aliphatic carbocycles. The molecule has 18 heavy (non-hydrogen) atoms. The van der Waals surface area contributed by atoms with E-state index < -0.39 is 0 Å². The Balaban J connectivity index is 1.97. The summed E-state index contributed by atoms with van der Waals surface area (Å²) in [6.07, 6.45) is 3.71. The lowest BCUT2D eigenvalue weighted by Gasteiger charge is -2.10. The van der Waals surface area contributed by atoms with E-state index in [-0.39, 0.29) is 0 Å². The molecule has 1 aromatic rings. The van der Waals surface area contributed by atoms with E-state index in [0.29, 0.717) is 0 Å². The third-order valence-electron chi connectivity index (χ3n) is 3.05. The Hall–Kier alpha value is -1.97. The summed E-state index contributed by atoms with van der Waals surface area (Å²) in [4.78, 5) is 0. The molecule has 0 unspecified atom stereocenters. The summed E-state index contributed by atoms with van der Waals surface area (Å²) in [5.74, 6) is 5.46. The largest absolute Gasteiger partial charge is 0.323 e. The van der Waals surface area contributed by atoms with Gasteiger partial charge in [-0.1, -0.05) is 30.3 Å². The van der Waals surface area contributed by atoms with Crippen molar-refractivity contribution in [1.82, 2.24) is 0 Å². The first kappa shape index (κ1) is 12.5. The molecule has 0 saturated heterocycles. The van der Waals surface area contributed by atoms with Crippen molar-refractivity contribution < 1.29 is 0 Å². The molecule has 0 amide bonds. The van der Waals surface area contributed by atoms with Crippen LogP contribution in [0.25, 0.3) is 0 Å². The molecule has 94 valence electrons. The monoisotopic (exact) mass is 242 g/mol. The highest BCUT2D eigenvalue weighted by Crippen LogP contribution is 2.12. The average molecular weight is 242 g/mol. The van der Waals surface area contributed by atoms with Crippen LogP contribution in [0.4, 0.5) is 0 Å². The Morgan fingerprint density at radius 2 is 2.00 bits per heavy atom. The summed E-state index contributed by atoms with van der Waals surface area (Å²) in [6, 6.07) is 10.0. The molecule has 4 nitrogen and oxygen atoms in total. The van der Waals surface area contributed by atoms with Gasteiger partial charge in [-0.15, -0.1) is 0 Å². The van der Waals surface area contributed by atoms with Crippen LogP contribution in [0.3, 0.4) is 0 Å². The molecule has 0 radical (unpaired) electrons. The number of hydrogen-bond donors (Lipinski definition) is 1. The zero-order valence-corrected chi connectivity index (χ0v) is 10.6. The Kier molecular flexibility index (Phi) is 4.23. The Morgan fingerprint density at radius 1 is 1.22 bits per heavy atom. The van der Waals surface area contributed by atoms with Crippen LogP contribution in [0.1, 0.15) is 38.2 Å². The second-order valence-corrected chi connectivity index (χ2v) is 4.44. The molecule has 0 bridgehead atoms. The van der Waals surface area contributed by atoms with E-state index in [2.05, 4.69) is 15.3 Å². The highest BCUT2D eigenvalue weighted by atomic mass is 15.2. The lowest BCUT2D eigenvalue weighted by molar-refractivity contribution is 0.965. The van der Waals surface area contributed by atoms with Crippen LogP contribution < -0.4 is 5.84 Å². The summed E-state index contributed by atoms with van der Waals surface area (Å²) in [6.45, 7) is 2.01. The summed E-state index contributed by atoms with van der Waals surface area (Å²) >= 11 is 0. The fraction of sp³-hybridized carbons (Fsp3) is 0.357. The van der Waals surface area contributed by atoms with Crippen molar-refractivity contribution in [3.8, 4) is 0 Å². The first-order valence-corrected chi connectivity index (χ1v) is 6.20. The second kappa shape index (κ2) is 6.10. The topological polar surface area (TPSA) is 63.1 Å². The van der Waals surface area contributed by atoms with E-state index in [4.69, 9.17) is 5.84 Å². The molecule has 0 spiro atoms. The Bertz CT molecular complexity index is 486. The van der Waals surface area contributed by atoms with Crippen LogP contribution in [-0.2, 0) is 0 Å². The predicted molar refractivity (Wildman–Crippen MR) is 76.2 cm³/mol. The van der Waals surface area contributed by atoms with Crippen LogP contribution in [0.5, 0.6) is 0 Å². The molecule has 0 fully saturated rings. The quantitative estimate of drug-likeness (QED) is 0.492. The first-order valence-electron chi connectivity index (χ1n) is 6.20. The maximum Gasteiger partial charge on any atom is 0.0676 e. The molecule has 0 aromatic heterocycles. The maximum absolute atomic E-state index is 5.46. The van der Waals surface area contributed by atoms with Gasteiger partial charge in [0, 0.05) is 11.4 Å². The van der Waals surface area contributed by atoms with Gasteiger partial charge in [-0.3, -0.25) is 0 Å². The highest BCUT2D eigenvalue weighted by Gasteiger charge is 2.09. The molecule has 4 heteroatoms. The molecule has 0 atom stereocenters. The van der Waals surface area contributed by atoms with Gasteiger partial charge in [0.25, 0.3) is 0 Å². The van der Waals surface area contributed by atoms with Crippen molar-refractivity contribution >= 4 is 17.1 Å². The molecule has 0 saturated carbocycles. The number of rotatable bonds is 4. The van der Waals surface area contributed by atoms with Gasteiger partial charge in [0.15, 0.2) is 0 Å². The van der Waals surface area contributed by atoms with Crippen molar-refractivity contribution in [2.45, 2.75) is 32.6 Å². The van der Waals surface area contributed by atoms with Gasteiger partial charge in [-0.25, -0.2) is 0 Å². The standard InChI is InChI=1S/C14H18N4/c1-11-7-8-13(18-17-11)9-10-14(16-15)12-5-3-2-4-6-12/h2-6H,7-10,15H2,1H3/b16-14+. The summed E-state index contributed by atoms with van der Waals surface area (Å²) in [7, 11) is 0. The van der Waals surface area contributed by atoms with Gasteiger partial charge in [-0.05, 0) is 38.2 Å². The maximum atomic E-state index is 5.46. The molecule has 1 heterocycles. The van der Waals surface area contributed by atoms with Crippen LogP contribution in [0.2, 0.25) is 0 Å². The second-order valence-electron chi connectivity index (χ2n) is 4.44. The van der Waals surface area contributed by atoms with Gasteiger partial charge >= 0.3 is 0 Å². The third-order valence-corrected chi connectivity index (χ3v) is 3.05. The van der Waals surface area contributed by atoms with Crippen LogP contribution in [0.15, 0.2) is 45.6 Å². The minimum Gasteiger partial charge on any atom is -0.323 e. The molecule has 1 aromatic carbocycles. The fourth-order valence-electron chi connectivity index (χ4n) is 1.93. The van der Waals surface area contributed by atoms with Crippen molar-refractivity contribution in [2.75, 3.05) is 0 Å². The Morgan fingerprint density at radius 3 is 2.61 bits per heavy atom. The number of benzene rings is 1. The lowest BCUT2D eigenvalue weighted by atomic mass is 10.0. The molecule has 1 aliphatic heterocycles. The molecule has 2 N–H and O–H groups in total. The van der Waals surface area contributed by atoms with Crippen LogP contribution in [-0.4, -0.2) is 17.1 Å². The molecular formula is C14H18N4. The third kappa shape index (κ3) is 3.26. The van der Waals surface area contributed by atoms with Gasteiger partial charge in [0.1, 0.15) is 0 Å². The Labute approximate surface area is 107 Å². The van der Waals surface area contributed by atoms with E-state index >= 15 is 0 Å². The van der Waals surface area contributed by atoms with Gasteiger partial charge in [-0.2, -0.15) is 15.3 Å². The van der Waals surface area contributed by atoms with Crippen molar-refractivity contribution in [2.24, 2.45) is 21.1 Å². The van der Waals surface area contributed by atoms with Gasteiger partial charge in [0.2, 0.25) is 0 Å². The van der Waals surface area contributed by atoms with Crippen LogP contribution >= 0.6 is 0 Å². The molecule has 2 rings (SSSR count). The van der Waals surface area contributed by atoms with E-state index in [1.54, 1.807) is 0 Å². The van der Waals surface area contributed by atoms with E-state index in [1.165, 1.54) is 0 Å². The predicted octanol–water partition coefficient (Wildman–Crippen LogP) is 2.74. The smallest absolute Gasteiger partial charge is 0.0676 e. The summed E-state index contributed by atoms with van der Waals surface area (Å²) in [5.41, 5.74) is 4.24. The molecule has 1 aliphatic rings. The van der Waals surface area contributed by atoms with E-state index in [9.17, 15) is 0 Å². The van der Waals surface area contributed by atoms with Crippen molar-refractivity contribution in [3.05, 3.63) is 35.9 Å². The van der Waals surface area contributed by atoms with E-state index in [0.717, 1.165) is 48.4 Å². The number of nitrogens with two attached hydrogens (primary N) is 1. The zero-order chi connectivity index (χ0) is 12.8. The lowest BCUT2D eigenvalue weighted by Crippen LogP contribution is -2.11. The summed E-state index contributed by atoms with van der Waals surface area (Å²) < 4.78 is 0. The summed E-state index contributed by atoms with van der Waals surface area (Å²) in [5, 5.41) is 12.2. The first-order chi connectivity index (χ1) is 8.79. The fourth-order valence-corrected chi connectivity index (χ4v) is 1.93. The number of hydrazone groups is 1. The zero-order valence-electron chi connectivity index (χ0n) is 10.6. The van der Waals surface area contributed by atoms with Gasteiger partial charge in [0.05, 0.1) is 5.71 Å². The normalized spacial score (nSPS) is 16.2. The highest BCUT2D eigenvalue weighted by molar-refractivity contribution is 6.03. The average Bonchev–Trinajstić information content (AvgIpc) is 2.43. The van der Waals surface area contributed by atoms with E-state index in [1.807, 2.05) is 37.3 Å². The number of nitrogens with zero attached hydrogens (tertiary/aromatic N) is 3. The number of hydrogen-bond acceptors (Lipinski definition) is 4. The van der Waals surface area contributed by atoms with Crippen molar-refractivity contribution in [1.29, 1.82) is 0 Å².